The maximum atomic E-state index is 12.6. The highest BCUT2D eigenvalue weighted by Gasteiger charge is 2.28. The zero-order valence-electron chi connectivity index (χ0n) is 15.8. The number of rotatable bonds is 5. The molecule has 2 aromatic rings. The number of fused-ring (bicyclic) bond motifs is 1. The largest absolute Gasteiger partial charge is 0.466 e. The van der Waals surface area contributed by atoms with Crippen molar-refractivity contribution in [1.29, 1.82) is 0 Å². The molecule has 7 nitrogen and oxygen atoms in total. The molecular weight excluding hydrogens is 346 g/mol. The van der Waals surface area contributed by atoms with Gasteiger partial charge in [0.25, 0.3) is 5.56 Å². The van der Waals surface area contributed by atoms with Gasteiger partial charge < -0.3 is 9.64 Å². The number of amides is 1. The van der Waals surface area contributed by atoms with Crippen molar-refractivity contribution in [2.24, 2.45) is 5.92 Å². The number of para-hydroxylation sites is 1. The van der Waals surface area contributed by atoms with E-state index in [0.29, 0.717) is 50.0 Å². The molecule has 1 aromatic heterocycles. The number of nitrogens with zero attached hydrogens (tertiary/aromatic N) is 3. The van der Waals surface area contributed by atoms with Crippen LogP contribution >= 0.6 is 0 Å². The number of aromatic nitrogens is 2. The van der Waals surface area contributed by atoms with Gasteiger partial charge >= 0.3 is 5.97 Å². The van der Waals surface area contributed by atoms with Crippen LogP contribution in [0.2, 0.25) is 0 Å². The summed E-state index contributed by atoms with van der Waals surface area (Å²) in [5.74, 6) is -0.299. The van der Waals surface area contributed by atoms with E-state index < -0.39 is 0 Å². The van der Waals surface area contributed by atoms with Crippen molar-refractivity contribution in [3.05, 3.63) is 40.4 Å². The summed E-state index contributed by atoms with van der Waals surface area (Å²) in [5, 5.41) is 0.570. The summed E-state index contributed by atoms with van der Waals surface area (Å²) >= 11 is 0. The monoisotopic (exact) mass is 371 g/mol. The van der Waals surface area contributed by atoms with Crippen molar-refractivity contribution < 1.29 is 14.3 Å². The highest BCUT2D eigenvalue weighted by atomic mass is 16.5. The molecule has 0 spiro atoms. The fraction of sp³-hybridized carbons (Fsp3) is 0.500. The van der Waals surface area contributed by atoms with E-state index >= 15 is 0 Å². The van der Waals surface area contributed by atoms with Crippen LogP contribution in [0.1, 0.15) is 31.7 Å². The van der Waals surface area contributed by atoms with Gasteiger partial charge in [-0.05, 0) is 38.3 Å². The van der Waals surface area contributed by atoms with Crippen LogP contribution < -0.4 is 5.56 Å². The van der Waals surface area contributed by atoms with Crippen molar-refractivity contribution >= 4 is 22.8 Å². The normalized spacial score (nSPS) is 15.1. The number of aryl methyl sites for hydroxylation is 2. The molecule has 1 fully saturated rings. The number of piperidine rings is 1. The first-order valence-electron chi connectivity index (χ1n) is 9.40. The van der Waals surface area contributed by atoms with Crippen LogP contribution in [0.3, 0.4) is 0 Å². The number of hydrogen-bond acceptors (Lipinski definition) is 5. The fourth-order valence-corrected chi connectivity index (χ4v) is 3.50. The molecule has 1 saturated heterocycles. The first-order valence-corrected chi connectivity index (χ1v) is 9.40. The SMILES string of the molecule is CCOC(=O)C1CCN(C(=O)CCn2cnc3c(C)cccc3c2=O)CC1. The topological polar surface area (TPSA) is 81.5 Å². The van der Waals surface area contributed by atoms with Gasteiger partial charge in [0.05, 0.1) is 29.8 Å². The van der Waals surface area contributed by atoms with E-state index in [2.05, 4.69) is 4.98 Å². The minimum absolute atomic E-state index is 0.00597. The minimum Gasteiger partial charge on any atom is -0.466 e. The molecular formula is C20H25N3O4. The minimum atomic E-state index is -0.173. The summed E-state index contributed by atoms with van der Waals surface area (Å²) in [4.78, 5) is 43.0. The molecule has 0 bridgehead atoms. The second-order valence-corrected chi connectivity index (χ2v) is 6.87. The van der Waals surface area contributed by atoms with Gasteiger partial charge in [-0.3, -0.25) is 19.0 Å². The van der Waals surface area contributed by atoms with Gasteiger partial charge in [-0.15, -0.1) is 0 Å². The molecule has 0 saturated carbocycles. The summed E-state index contributed by atoms with van der Waals surface area (Å²) in [5.41, 5.74) is 1.53. The standard InChI is InChI=1S/C20H25N3O4/c1-3-27-20(26)15-7-10-22(11-8-15)17(24)9-12-23-13-21-18-14(2)5-4-6-16(18)19(23)25/h4-6,13,15H,3,7-12H2,1-2H3. The molecule has 144 valence electrons. The molecule has 1 aromatic carbocycles. The molecule has 0 unspecified atom stereocenters. The highest BCUT2D eigenvalue weighted by Crippen LogP contribution is 2.19. The number of hydrogen-bond donors (Lipinski definition) is 0. The molecule has 0 N–H and O–H groups in total. The lowest BCUT2D eigenvalue weighted by Crippen LogP contribution is -2.41. The van der Waals surface area contributed by atoms with Gasteiger partial charge in [0, 0.05) is 26.1 Å². The quantitative estimate of drug-likeness (QED) is 0.750. The van der Waals surface area contributed by atoms with Crippen LogP contribution in [0.25, 0.3) is 10.9 Å². The van der Waals surface area contributed by atoms with Crippen molar-refractivity contribution in [3.8, 4) is 0 Å². The van der Waals surface area contributed by atoms with E-state index in [1.54, 1.807) is 17.9 Å². The number of esters is 1. The molecule has 3 rings (SSSR count). The Bertz CT molecular complexity index is 898. The number of carbonyl (C=O) groups is 2. The molecule has 0 atom stereocenters. The molecule has 0 radical (unpaired) electrons. The van der Waals surface area contributed by atoms with Crippen molar-refractivity contribution in [2.75, 3.05) is 19.7 Å². The van der Waals surface area contributed by atoms with Gasteiger partial charge in [-0.2, -0.15) is 0 Å². The molecule has 2 heterocycles. The number of likely N-dealkylation sites (tertiary alicyclic amines) is 1. The maximum absolute atomic E-state index is 12.6. The van der Waals surface area contributed by atoms with Gasteiger partial charge in [0.15, 0.2) is 0 Å². The number of ether oxygens (including phenoxy) is 1. The van der Waals surface area contributed by atoms with Crippen LogP contribution in [-0.2, 0) is 20.9 Å². The molecule has 7 heteroatoms. The summed E-state index contributed by atoms with van der Waals surface area (Å²) < 4.78 is 6.54. The summed E-state index contributed by atoms with van der Waals surface area (Å²) in [6.45, 7) is 5.49. The average molecular weight is 371 g/mol. The Morgan fingerprint density at radius 3 is 2.70 bits per heavy atom. The lowest BCUT2D eigenvalue weighted by atomic mass is 9.97. The predicted octanol–water partition coefficient (Wildman–Crippen LogP) is 1.90. The molecule has 1 amide bonds. The van der Waals surface area contributed by atoms with Gasteiger partial charge in [-0.25, -0.2) is 4.98 Å². The first-order chi connectivity index (χ1) is 13.0. The lowest BCUT2D eigenvalue weighted by molar-refractivity contribution is -0.151. The zero-order valence-corrected chi connectivity index (χ0v) is 15.8. The molecule has 1 aliphatic heterocycles. The van der Waals surface area contributed by atoms with Crippen LogP contribution in [0, 0.1) is 12.8 Å². The van der Waals surface area contributed by atoms with Crippen molar-refractivity contribution in [1.82, 2.24) is 14.5 Å². The fourth-order valence-electron chi connectivity index (χ4n) is 3.50. The number of benzene rings is 1. The third-order valence-corrected chi connectivity index (χ3v) is 5.09. The van der Waals surface area contributed by atoms with E-state index in [-0.39, 0.29) is 29.8 Å². The molecule has 1 aliphatic rings. The van der Waals surface area contributed by atoms with Crippen molar-refractivity contribution in [3.63, 3.8) is 0 Å². The zero-order chi connectivity index (χ0) is 19.4. The van der Waals surface area contributed by atoms with E-state index in [1.807, 2.05) is 19.1 Å². The van der Waals surface area contributed by atoms with E-state index in [1.165, 1.54) is 10.9 Å². The van der Waals surface area contributed by atoms with Gasteiger partial charge in [-0.1, -0.05) is 12.1 Å². The van der Waals surface area contributed by atoms with E-state index in [9.17, 15) is 14.4 Å². The number of carbonyl (C=O) groups excluding carboxylic acids is 2. The van der Waals surface area contributed by atoms with Crippen LogP contribution in [0.5, 0.6) is 0 Å². The average Bonchev–Trinajstić information content (AvgIpc) is 2.68. The summed E-state index contributed by atoms with van der Waals surface area (Å²) in [7, 11) is 0. The first kappa shape index (κ1) is 19.1. The third-order valence-electron chi connectivity index (χ3n) is 5.09. The van der Waals surface area contributed by atoms with E-state index in [4.69, 9.17) is 4.74 Å². The van der Waals surface area contributed by atoms with Crippen LogP contribution in [0.15, 0.2) is 29.3 Å². The molecule has 0 aliphatic carbocycles. The van der Waals surface area contributed by atoms with Crippen LogP contribution in [-0.4, -0.2) is 46.0 Å². The second-order valence-electron chi connectivity index (χ2n) is 6.87. The Labute approximate surface area is 157 Å². The van der Waals surface area contributed by atoms with Crippen LogP contribution in [0.4, 0.5) is 0 Å². The predicted molar refractivity (Wildman–Crippen MR) is 101 cm³/mol. The maximum Gasteiger partial charge on any atom is 0.309 e. The molecule has 27 heavy (non-hydrogen) atoms. The summed E-state index contributed by atoms with van der Waals surface area (Å²) in [6.07, 6.45) is 3.00. The second kappa shape index (κ2) is 8.33. The third kappa shape index (κ3) is 4.18. The lowest BCUT2D eigenvalue weighted by Gasteiger charge is -2.31. The van der Waals surface area contributed by atoms with Crippen molar-refractivity contribution in [2.45, 2.75) is 39.7 Å². The Balaban J connectivity index is 1.59. The van der Waals surface area contributed by atoms with Gasteiger partial charge in [0.2, 0.25) is 5.91 Å². The Hall–Kier alpha value is -2.70. The Morgan fingerprint density at radius 1 is 1.26 bits per heavy atom. The van der Waals surface area contributed by atoms with Gasteiger partial charge in [0.1, 0.15) is 0 Å². The smallest absolute Gasteiger partial charge is 0.309 e. The summed E-state index contributed by atoms with van der Waals surface area (Å²) in [6, 6.07) is 5.52. The Morgan fingerprint density at radius 2 is 2.00 bits per heavy atom. The highest BCUT2D eigenvalue weighted by molar-refractivity contribution is 5.80. The van der Waals surface area contributed by atoms with E-state index in [0.717, 1.165) is 5.56 Å². The Kier molecular flexibility index (Phi) is 5.88.